The number of halogens is 2. The average molecular weight is 367 g/mol. The molecule has 0 radical (unpaired) electrons. The third kappa shape index (κ3) is 10.9. The largest absolute Gasteiger partial charge is 0.362 e. The summed E-state index contributed by atoms with van der Waals surface area (Å²) in [7, 11) is 3.52. The van der Waals surface area contributed by atoms with Crippen molar-refractivity contribution in [2.24, 2.45) is 0 Å². The fraction of sp³-hybridized carbons (Fsp3) is 0.500. The number of carbonyl (C=O) groups excluding carboxylic acids is 2. The molecule has 0 aromatic carbocycles. The normalized spacial score (nSPS) is 9.30. The van der Waals surface area contributed by atoms with Crippen molar-refractivity contribution in [1.29, 1.82) is 0 Å². The van der Waals surface area contributed by atoms with Crippen LogP contribution in [-0.2, 0) is 20.9 Å². The molecule has 0 fully saturated rings. The van der Waals surface area contributed by atoms with E-state index in [9.17, 15) is 9.59 Å². The number of pyridine rings is 1. The lowest BCUT2D eigenvalue weighted by molar-refractivity contribution is -0.137. The lowest BCUT2D eigenvalue weighted by Crippen LogP contribution is -2.36. The molecule has 0 aliphatic carbocycles. The quantitative estimate of drug-likeness (QED) is 0.653. The fourth-order valence-corrected chi connectivity index (χ4v) is 1.50. The molecular weight excluding hydrogens is 343 g/mol. The van der Waals surface area contributed by atoms with Crippen molar-refractivity contribution in [3.63, 3.8) is 0 Å². The summed E-state index contributed by atoms with van der Waals surface area (Å²) in [5.74, 6) is -0.408. The van der Waals surface area contributed by atoms with Gasteiger partial charge in [0, 0.05) is 39.1 Å². The lowest BCUT2D eigenvalue weighted by Gasteiger charge is -2.16. The van der Waals surface area contributed by atoms with Crippen LogP contribution in [0, 0.1) is 0 Å². The number of nitrogens with one attached hydrogen (secondary N) is 2. The van der Waals surface area contributed by atoms with Crippen LogP contribution in [0.2, 0.25) is 0 Å². The van der Waals surface area contributed by atoms with Crippen LogP contribution in [0.1, 0.15) is 5.56 Å². The number of aromatic nitrogens is 1. The minimum Gasteiger partial charge on any atom is -0.362 e. The summed E-state index contributed by atoms with van der Waals surface area (Å²) in [5.41, 5.74) is 0.911. The summed E-state index contributed by atoms with van der Waals surface area (Å²) in [6.45, 7) is 1.48. The van der Waals surface area contributed by atoms with Gasteiger partial charge in [-0.1, -0.05) is 6.07 Å². The van der Waals surface area contributed by atoms with E-state index in [0.29, 0.717) is 19.6 Å². The molecule has 132 valence electrons. The van der Waals surface area contributed by atoms with Crippen molar-refractivity contribution in [3.05, 3.63) is 30.1 Å². The van der Waals surface area contributed by atoms with Gasteiger partial charge in [0.05, 0.1) is 0 Å². The van der Waals surface area contributed by atoms with Crippen molar-refractivity contribution in [3.8, 4) is 0 Å². The maximum absolute atomic E-state index is 11.6. The monoisotopic (exact) mass is 366 g/mol. The van der Waals surface area contributed by atoms with Gasteiger partial charge in [-0.25, -0.2) is 0 Å². The summed E-state index contributed by atoms with van der Waals surface area (Å²) in [6.07, 6.45) is 3.35. The minimum absolute atomic E-state index is 0. The molecule has 1 aromatic heterocycles. The lowest BCUT2D eigenvalue weighted by atomic mass is 10.3. The zero-order valence-corrected chi connectivity index (χ0v) is 14.9. The Kier molecular flexibility index (Phi) is 14.7. The van der Waals surface area contributed by atoms with Gasteiger partial charge in [0.2, 0.25) is 11.8 Å². The van der Waals surface area contributed by atoms with Crippen LogP contribution in [0.4, 0.5) is 0 Å². The fourth-order valence-electron chi connectivity index (χ4n) is 1.50. The van der Waals surface area contributed by atoms with Crippen molar-refractivity contribution < 1.29 is 14.3 Å². The standard InChI is InChI=1S/C14H22N4O3.2ClH/c1-15-6-7-18(2)14(20)11-21-10-13(19)17-9-12-4-3-5-16-8-12;;/h3-5,8,15H,6-7,9-11H2,1-2H3,(H,17,19);2*1H. The van der Waals surface area contributed by atoms with Gasteiger partial charge in [-0.2, -0.15) is 0 Å². The topological polar surface area (TPSA) is 83.6 Å². The van der Waals surface area contributed by atoms with E-state index in [1.165, 1.54) is 0 Å². The molecule has 9 heteroatoms. The molecule has 2 amide bonds. The van der Waals surface area contributed by atoms with Crippen LogP contribution in [0.15, 0.2) is 24.5 Å². The van der Waals surface area contributed by atoms with E-state index >= 15 is 0 Å². The molecule has 0 saturated heterocycles. The number of rotatable bonds is 9. The Morgan fingerprint density at radius 3 is 2.65 bits per heavy atom. The van der Waals surface area contributed by atoms with Crippen LogP contribution in [-0.4, -0.2) is 62.1 Å². The van der Waals surface area contributed by atoms with Gasteiger partial charge in [0.25, 0.3) is 0 Å². The van der Waals surface area contributed by atoms with Gasteiger partial charge in [-0.05, 0) is 18.7 Å². The minimum atomic E-state index is -0.260. The molecule has 0 unspecified atom stereocenters. The Balaban J connectivity index is 0. The van der Waals surface area contributed by atoms with E-state index < -0.39 is 0 Å². The van der Waals surface area contributed by atoms with Crippen LogP contribution >= 0.6 is 24.8 Å². The Hall–Kier alpha value is -1.41. The molecule has 0 spiro atoms. The van der Waals surface area contributed by atoms with Crippen LogP contribution < -0.4 is 10.6 Å². The number of amides is 2. The Morgan fingerprint density at radius 1 is 1.30 bits per heavy atom. The Morgan fingerprint density at radius 2 is 2.04 bits per heavy atom. The van der Waals surface area contributed by atoms with Crippen LogP contribution in [0.3, 0.4) is 0 Å². The van der Waals surface area contributed by atoms with E-state index in [2.05, 4.69) is 15.6 Å². The van der Waals surface area contributed by atoms with E-state index in [-0.39, 0.29) is 49.8 Å². The highest BCUT2D eigenvalue weighted by molar-refractivity contribution is 5.85. The average Bonchev–Trinajstić information content (AvgIpc) is 2.51. The molecule has 2 N–H and O–H groups in total. The first kappa shape index (κ1) is 23.9. The molecule has 0 bridgehead atoms. The van der Waals surface area contributed by atoms with Gasteiger partial charge in [0.15, 0.2) is 0 Å². The molecule has 0 aliphatic heterocycles. The Labute approximate surface area is 149 Å². The molecule has 23 heavy (non-hydrogen) atoms. The molecular formula is C14H24Cl2N4O3. The zero-order chi connectivity index (χ0) is 15.5. The number of nitrogens with zero attached hydrogens (tertiary/aromatic N) is 2. The second kappa shape index (κ2) is 14.2. The molecule has 0 aliphatic rings. The van der Waals surface area contributed by atoms with Crippen molar-refractivity contribution in [1.82, 2.24) is 20.5 Å². The number of likely N-dealkylation sites (N-methyl/N-ethyl adjacent to an activating group) is 2. The van der Waals surface area contributed by atoms with Gasteiger partial charge in [-0.3, -0.25) is 14.6 Å². The second-order valence-corrected chi connectivity index (χ2v) is 4.55. The third-order valence-corrected chi connectivity index (χ3v) is 2.79. The first-order valence-corrected chi connectivity index (χ1v) is 6.75. The van der Waals surface area contributed by atoms with Crippen LogP contribution in [0.25, 0.3) is 0 Å². The Bertz CT molecular complexity index is 449. The van der Waals surface area contributed by atoms with Gasteiger partial charge < -0.3 is 20.3 Å². The maximum atomic E-state index is 11.6. The highest BCUT2D eigenvalue weighted by Gasteiger charge is 2.09. The molecule has 1 rings (SSSR count). The summed E-state index contributed by atoms with van der Waals surface area (Å²) < 4.78 is 5.11. The van der Waals surface area contributed by atoms with Crippen LogP contribution in [0.5, 0.6) is 0 Å². The van der Waals surface area contributed by atoms with Gasteiger partial charge >= 0.3 is 0 Å². The van der Waals surface area contributed by atoms with Gasteiger partial charge in [-0.15, -0.1) is 24.8 Å². The van der Waals surface area contributed by atoms with Gasteiger partial charge in [0.1, 0.15) is 13.2 Å². The predicted molar refractivity (Wildman–Crippen MR) is 93.0 cm³/mol. The van der Waals surface area contributed by atoms with E-state index in [1.54, 1.807) is 30.4 Å². The summed E-state index contributed by atoms with van der Waals surface area (Å²) in [4.78, 5) is 28.7. The highest BCUT2D eigenvalue weighted by Crippen LogP contribution is 1.94. The molecule has 0 atom stereocenters. The zero-order valence-electron chi connectivity index (χ0n) is 13.3. The highest BCUT2D eigenvalue weighted by atomic mass is 35.5. The molecule has 1 aromatic rings. The number of hydrogen-bond acceptors (Lipinski definition) is 5. The number of carbonyl (C=O) groups is 2. The molecule has 7 nitrogen and oxygen atoms in total. The van der Waals surface area contributed by atoms with E-state index in [4.69, 9.17) is 4.74 Å². The maximum Gasteiger partial charge on any atom is 0.248 e. The first-order chi connectivity index (χ1) is 10.1. The second-order valence-electron chi connectivity index (χ2n) is 4.55. The van der Waals surface area contributed by atoms with E-state index in [0.717, 1.165) is 5.56 Å². The first-order valence-electron chi connectivity index (χ1n) is 6.75. The van der Waals surface area contributed by atoms with E-state index in [1.807, 2.05) is 13.1 Å². The number of ether oxygens (including phenoxy) is 1. The molecule has 0 saturated carbocycles. The third-order valence-electron chi connectivity index (χ3n) is 2.79. The smallest absolute Gasteiger partial charge is 0.248 e. The van der Waals surface area contributed by atoms with Crippen molar-refractivity contribution in [2.45, 2.75) is 6.54 Å². The van der Waals surface area contributed by atoms with Crippen molar-refractivity contribution in [2.75, 3.05) is 40.4 Å². The SMILES string of the molecule is CNCCN(C)C(=O)COCC(=O)NCc1cccnc1.Cl.Cl. The number of hydrogen-bond donors (Lipinski definition) is 2. The summed E-state index contributed by atoms with van der Waals surface area (Å²) in [6, 6.07) is 3.67. The summed E-state index contributed by atoms with van der Waals surface area (Å²) >= 11 is 0. The molecule has 1 heterocycles. The van der Waals surface area contributed by atoms with Crippen molar-refractivity contribution >= 4 is 36.6 Å². The summed E-state index contributed by atoms with van der Waals surface area (Å²) in [5, 5.41) is 5.65. The predicted octanol–water partition coefficient (Wildman–Crippen LogP) is 0.236.